The van der Waals surface area contributed by atoms with Gasteiger partial charge in [0.1, 0.15) is 5.58 Å². The van der Waals surface area contributed by atoms with Crippen LogP contribution in [0.2, 0.25) is 0 Å². The lowest BCUT2D eigenvalue weighted by molar-refractivity contribution is 0.653. The van der Waals surface area contributed by atoms with E-state index in [0.717, 1.165) is 83.2 Å². The molecule has 0 fully saturated rings. The van der Waals surface area contributed by atoms with E-state index in [2.05, 4.69) is 115 Å². The maximum absolute atomic E-state index is 6.31. The lowest BCUT2D eigenvalue weighted by Crippen LogP contribution is -2.00. The van der Waals surface area contributed by atoms with E-state index in [1.165, 1.54) is 0 Å². The van der Waals surface area contributed by atoms with E-state index in [1.807, 2.05) is 97.1 Å². The summed E-state index contributed by atoms with van der Waals surface area (Å²) in [7, 11) is 0. The van der Waals surface area contributed by atoms with Crippen LogP contribution in [0.3, 0.4) is 0 Å². The van der Waals surface area contributed by atoms with Crippen molar-refractivity contribution in [3.8, 4) is 90.2 Å². The highest BCUT2D eigenvalue weighted by Crippen LogP contribution is 2.38. The second-order valence-electron chi connectivity index (χ2n) is 14.9. The van der Waals surface area contributed by atoms with Crippen LogP contribution < -0.4 is 0 Å². The Balaban J connectivity index is 0.929. The molecule has 0 amide bonds. The molecule has 3 heterocycles. The Morgan fingerprint density at radius 3 is 1.08 bits per heavy atom. The summed E-state index contributed by atoms with van der Waals surface area (Å²) in [6.45, 7) is 0. The molecule has 0 unspecified atom stereocenters. The molecule has 8 aromatic carbocycles. The van der Waals surface area contributed by atoms with Crippen molar-refractivity contribution in [2.75, 3.05) is 0 Å². The van der Waals surface area contributed by atoms with Crippen molar-refractivity contribution in [3.63, 3.8) is 0 Å². The van der Waals surface area contributed by atoms with E-state index < -0.39 is 0 Å². The summed E-state index contributed by atoms with van der Waals surface area (Å²) in [5.74, 6) is 2.51. The highest BCUT2D eigenvalue weighted by atomic mass is 16.3. The lowest BCUT2D eigenvalue weighted by Gasteiger charge is -2.11. The van der Waals surface area contributed by atoms with Gasteiger partial charge in [0, 0.05) is 33.2 Å². The number of fused-ring (bicyclic) bond motifs is 3. The van der Waals surface area contributed by atoms with Gasteiger partial charge < -0.3 is 4.42 Å². The van der Waals surface area contributed by atoms with Crippen molar-refractivity contribution >= 4 is 22.1 Å². The van der Waals surface area contributed by atoms with Gasteiger partial charge in [-0.15, -0.1) is 0 Å². The fourth-order valence-corrected chi connectivity index (χ4v) is 7.93. The predicted octanol–water partition coefficient (Wildman–Crippen LogP) is 13.9. The Morgan fingerprint density at radius 1 is 0.262 bits per heavy atom. The molecule has 6 heteroatoms. The van der Waals surface area contributed by atoms with Crippen molar-refractivity contribution in [2.24, 2.45) is 0 Å². The summed E-state index contributed by atoms with van der Waals surface area (Å²) in [5.41, 5.74) is 13.5. The Kier molecular flexibility index (Phi) is 9.06. The van der Waals surface area contributed by atoms with Gasteiger partial charge in [0.15, 0.2) is 23.3 Å². The van der Waals surface area contributed by atoms with Crippen molar-refractivity contribution in [1.82, 2.24) is 24.9 Å². The summed E-state index contributed by atoms with van der Waals surface area (Å²) >= 11 is 0. The number of hydrogen-bond acceptors (Lipinski definition) is 6. The van der Waals surface area contributed by atoms with Crippen LogP contribution in [0, 0.1) is 0 Å². The molecular weight excluding hydrogens is 747 g/mol. The van der Waals surface area contributed by atoms with E-state index in [9.17, 15) is 0 Å². The summed E-state index contributed by atoms with van der Waals surface area (Å²) in [5, 5.41) is 1.92. The molecule has 11 aromatic rings. The first kappa shape index (κ1) is 35.8. The van der Waals surface area contributed by atoms with Crippen molar-refractivity contribution in [1.29, 1.82) is 0 Å². The molecule has 0 N–H and O–H groups in total. The van der Waals surface area contributed by atoms with Gasteiger partial charge in [0.25, 0.3) is 0 Å². The maximum Gasteiger partial charge on any atom is 0.231 e. The van der Waals surface area contributed by atoms with Crippen LogP contribution in [0.25, 0.3) is 112 Å². The Morgan fingerprint density at radius 2 is 0.607 bits per heavy atom. The molecule has 0 saturated heterocycles. The second kappa shape index (κ2) is 15.4. The SMILES string of the molecule is c1ccc(-c2nc(-c3ccccc3)nc(-c3cccc(-c4cccc(-c5cccc(-c6cccc(-c7nc(-c8ccccc8)c8c(n7)oc7ccccc78)c6)c5)c4)c3)n2)cc1. The molecule has 6 nitrogen and oxygen atoms in total. The number of nitrogens with zero attached hydrogens (tertiary/aromatic N) is 5. The van der Waals surface area contributed by atoms with Gasteiger partial charge in [-0.25, -0.2) is 19.9 Å². The van der Waals surface area contributed by atoms with Gasteiger partial charge in [0.2, 0.25) is 5.71 Å². The minimum atomic E-state index is 0.574. The highest BCUT2D eigenvalue weighted by Gasteiger charge is 2.19. The third-order valence-corrected chi connectivity index (χ3v) is 11.0. The van der Waals surface area contributed by atoms with E-state index in [-0.39, 0.29) is 0 Å². The van der Waals surface area contributed by atoms with Crippen LogP contribution >= 0.6 is 0 Å². The number of para-hydroxylation sites is 1. The zero-order valence-electron chi connectivity index (χ0n) is 32.9. The molecule has 0 spiro atoms. The van der Waals surface area contributed by atoms with Crippen LogP contribution in [-0.4, -0.2) is 24.9 Å². The molecule has 0 atom stereocenters. The number of hydrogen-bond donors (Lipinski definition) is 0. The molecule has 61 heavy (non-hydrogen) atoms. The van der Waals surface area contributed by atoms with Crippen LogP contribution in [0.4, 0.5) is 0 Å². The topological polar surface area (TPSA) is 77.6 Å². The zero-order valence-corrected chi connectivity index (χ0v) is 32.9. The molecule has 3 aromatic heterocycles. The highest BCUT2D eigenvalue weighted by molar-refractivity contribution is 6.10. The standard InChI is InChI=1S/C55H35N5O/c1-4-16-36(17-5-1)50-49-47-30-10-11-31-48(47)61-55(49)60-53(56-50)45-28-14-26-43(34-45)41-24-12-22-39(32-41)40-23-13-25-42(33-40)44-27-15-29-46(35-44)54-58-51(37-18-6-2-7-19-37)57-52(59-54)38-20-8-3-9-21-38/h1-35H. The fraction of sp³-hybridized carbons (Fsp3) is 0. The number of benzene rings is 8. The predicted molar refractivity (Wildman–Crippen MR) is 246 cm³/mol. The molecule has 0 radical (unpaired) electrons. The zero-order chi connectivity index (χ0) is 40.5. The minimum Gasteiger partial charge on any atom is -0.438 e. The largest absolute Gasteiger partial charge is 0.438 e. The molecule has 0 aliphatic rings. The summed E-state index contributed by atoms with van der Waals surface area (Å²) in [6, 6.07) is 72.6. The van der Waals surface area contributed by atoms with E-state index in [4.69, 9.17) is 29.3 Å². The average Bonchev–Trinajstić information content (AvgIpc) is 3.73. The summed E-state index contributed by atoms with van der Waals surface area (Å²) in [4.78, 5) is 25.0. The van der Waals surface area contributed by atoms with Crippen molar-refractivity contribution in [3.05, 3.63) is 212 Å². The Bertz CT molecular complexity index is 3310. The van der Waals surface area contributed by atoms with Crippen LogP contribution in [-0.2, 0) is 0 Å². The Hall–Kier alpha value is -8.35. The third-order valence-electron chi connectivity index (χ3n) is 11.0. The average molecular weight is 782 g/mol. The van der Waals surface area contributed by atoms with Crippen molar-refractivity contribution in [2.45, 2.75) is 0 Å². The molecule has 0 aliphatic carbocycles. The fourth-order valence-electron chi connectivity index (χ4n) is 7.93. The number of furan rings is 1. The first-order chi connectivity index (χ1) is 30.2. The van der Waals surface area contributed by atoms with Gasteiger partial charge in [0.05, 0.1) is 11.1 Å². The quantitative estimate of drug-likeness (QED) is 0.153. The third kappa shape index (κ3) is 7.02. The lowest BCUT2D eigenvalue weighted by atomic mass is 9.95. The van der Waals surface area contributed by atoms with Crippen LogP contribution in [0.5, 0.6) is 0 Å². The van der Waals surface area contributed by atoms with Gasteiger partial charge in [-0.3, -0.25) is 0 Å². The summed E-state index contributed by atoms with van der Waals surface area (Å²) < 4.78 is 6.31. The number of rotatable bonds is 8. The first-order valence-corrected chi connectivity index (χ1v) is 20.2. The van der Waals surface area contributed by atoms with Gasteiger partial charge in [-0.1, -0.05) is 182 Å². The monoisotopic (exact) mass is 781 g/mol. The normalized spacial score (nSPS) is 11.3. The van der Waals surface area contributed by atoms with Crippen LogP contribution in [0.15, 0.2) is 217 Å². The van der Waals surface area contributed by atoms with E-state index in [1.54, 1.807) is 0 Å². The van der Waals surface area contributed by atoms with Crippen molar-refractivity contribution < 1.29 is 4.42 Å². The molecule has 0 aliphatic heterocycles. The minimum absolute atomic E-state index is 0.574. The molecule has 286 valence electrons. The van der Waals surface area contributed by atoms with E-state index >= 15 is 0 Å². The van der Waals surface area contributed by atoms with E-state index in [0.29, 0.717) is 29.0 Å². The van der Waals surface area contributed by atoms with Gasteiger partial charge in [-0.2, -0.15) is 4.98 Å². The number of aromatic nitrogens is 5. The smallest absolute Gasteiger partial charge is 0.231 e. The Labute approximate surface area is 352 Å². The van der Waals surface area contributed by atoms with Gasteiger partial charge >= 0.3 is 0 Å². The van der Waals surface area contributed by atoms with Gasteiger partial charge in [-0.05, 0) is 63.7 Å². The first-order valence-electron chi connectivity index (χ1n) is 20.2. The molecule has 0 bridgehead atoms. The maximum atomic E-state index is 6.31. The molecular formula is C55H35N5O. The van der Waals surface area contributed by atoms with Crippen LogP contribution in [0.1, 0.15) is 0 Å². The molecule has 11 rings (SSSR count). The molecule has 0 saturated carbocycles. The second-order valence-corrected chi connectivity index (χ2v) is 14.9. The summed E-state index contributed by atoms with van der Waals surface area (Å²) in [6.07, 6.45) is 0.